The number of carbonyl (C=O) groups is 2. The number of rotatable bonds is 5. The molecule has 5 nitrogen and oxygen atoms in total. The third-order valence-electron chi connectivity index (χ3n) is 3.11. The molecule has 0 aliphatic carbocycles. The van der Waals surface area contributed by atoms with Gasteiger partial charge in [0, 0.05) is 24.5 Å². The maximum atomic E-state index is 13.1. The van der Waals surface area contributed by atoms with Gasteiger partial charge in [-0.3, -0.25) is 14.6 Å². The first-order chi connectivity index (χ1) is 11.0. The van der Waals surface area contributed by atoms with E-state index >= 15 is 0 Å². The summed E-state index contributed by atoms with van der Waals surface area (Å²) < 4.78 is 25.9. The van der Waals surface area contributed by atoms with Gasteiger partial charge in [-0.2, -0.15) is 0 Å². The van der Waals surface area contributed by atoms with E-state index in [0.717, 1.165) is 23.8 Å². The van der Waals surface area contributed by atoms with E-state index in [1.165, 1.54) is 6.92 Å². The zero-order valence-electron chi connectivity index (χ0n) is 12.3. The molecule has 1 heterocycles. The molecule has 0 bridgehead atoms. The summed E-state index contributed by atoms with van der Waals surface area (Å²) in [6.45, 7) is 1.77. The summed E-state index contributed by atoms with van der Waals surface area (Å²) in [5.74, 6) is -3.21. The van der Waals surface area contributed by atoms with Crippen molar-refractivity contribution in [3.8, 4) is 0 Å². The lowest BCUT2D eigenvalue weighted by atomic mass is 10.2. The van der Waals surface area contributed by atoms with Crippen molar-refractivity contribution in [2.75, 3.05) is 0 Å². The molecule has 0 unspecified atom stereocenters. The molecule has 120 valence electrons. The largest absolute Gasteiger partial charge is 0.350 e. The van der Waals surface area contributed by atoms with Crippen molar-refractivity contribution in [1.29, 1.82) is 0 Å². The van der Waals surface area contributed by atoms with Crippen molar-refractivity contribution >= 4 is 11.8 Å². The van der Waals surface area contributed by atoms with Crippen molar-refractivity contribution in [2.24, 2.45) is 0 Å². The molecule has 0 saturated carbocycles. The minimum atomic E-state index is -1.12. The number of carbonyl (C=O) groups excluding carboxylic acids is 2. The third kappa shape index (κ3) is 4.57. The van der Waals surface area contributed by atoms with Gasteiger partial charge in [0.25, 0.3) is 5.91 Å². The number of pyridine rings is 1. The number of hydrogen-bond acceptors (Lipinski definition) is 3. The van der Waals surface area contributed by atoms with Crippen LogP contribution >= 0.6 is 0 Å². The maximum Gasteiger partial charge on any atom is 0.252 e. The van der Waals surface area contributed by atoms with E-state index in [0.29, 0.717) is 0 Å². The second kappa shape index (κ2) is 7.44. The van der Waals surface area contributed by atoms with Gasteiger partial charge in [-0.15, -0.1) is 0 Å². The molecule has 0 fully saturated rings. The summed E-state index contributed by atoms with van der Waals surface area (Å²) in [4.78, 5) is 27.8. The zero-order valence-corrected chi connectivity index (χ0v) is 12.3. The van der Waals surface area contributed by atoms with Crippen LogP contribution in [0.15, 0.2) is 42.7 Å². The molecule has 0 aliphatic heterocycles. The van der Waals surface area contributed by atoms with Gasteiger partial charge in [0.1, 0.15) is 6.04 Å². The van der Waals surface area contributed by atoms with E-state index in [2.05, 4.69) is 15.6 Å². The molecule has 0 aliphatic rings. The van der Waals surface area contributed by atoms with Crippen molar-refractivity contribution in [1.82, 2.24) is 15.6 Å². The molecule has 2 rings (SSSR count). The highest BCUT2D eigenvalue weighted by molar-refractivity contribution is 5.97. The van der Waals surface area contributed by atoms with Crippen molar-refractivity contribution in [3.63, 3.8) is 0 Å². The highest BCUT2D eigenvalue weighted by atomic mass is 19.2. The Labute approximate surface area is 131 Å². The highest BCUT2D eigenvalue weighted by Gasteiger charge is 2.17. The van der Waals surface area contributed by atoms with E-state index < -0.39 is 29.5 Å². The molecule has 2 N–H and O–H groups in total. The topological polar surface area (TPSA) is 71.1 Å². The Morgan fingerprint density at radius 2 is 2.00 bits per heavy atom. The van der Waals surface area contributed by atoms with Crippen molar-refractivity contribution in [3.05, 3.63) is 65.5 Å². The molecule has 0 spiro atoms. The lowest BCUT2D eigenvalue weighted by Gasteiger charge is -2.14. The maximum absolute atomic E-state index is 13.1. The smallest absolute Gasteiger partial charge is 0.252 e. The Balaban J connectivity index is 1.89. The minimum Gasteiger partial charge on any atom is -0.350 e. The molecular formula is C16H15F2N3O2. The highest BCUT2D eigenvalue weighted by Crippen LogP contribution is 2.08. The van der Waals surface area contributed by atoms with Crippen LogP contribution in [0.4, 0.5) is 8.78 Å². The van der Waals surface area contributed by atoms with Crippen LogP contribution < -0.4 is 10.6 Å². The van der Waals surface area contributed by atoms with Crippen LogP contribution in [-0.2, 0) is 11.3 Å². The summed E-state index contributed by atoms with van der Waals surface area (Å²) in [7, 11) is 0. The van der Waals surface area contributed by atoms with Crippen molar-refractivity contribution in [2.45, 2.75) is 19.5 Å². The Bertz CT molecular complexity index is 708. The number of benzene rings is 1. The zero-order chi connectivity index (χ0) is 16.8. The fraction of sp³-hybridized carbons (Fsp3) is 0.188. The average molecular weight is 319 g/mol. The predicted octanol–water partition coefficient (Wildman–Crippen LogP) is 1.79. The first-order valence-electron chi connectivity index (χ1n) is 6.90. The standard InChI is InChI=1S/C16H15F2N3O2/c1-10(15(22)20-9-11-3-2-6-19-8-11)21-16(23)12-4-5-13(17)14(18)7-12/h2-8,10H,9H2,1H3,(H,20,22)(H,21,23)/t10-/m0/s1. The van der Waals surface area contributed by atoms with Crippen LogP contribution in [0.3, 0.4) is 0 Å². The van der Waals surface area contributed by atoms with E-state index in [4.69, 9.17) is 0 Å². The van der Waals surface area contributed by atoms with Crippen LogP contribution in [0.5, 0.6) is 0 Å². The first kappa shape index (κ1) is 16.5. The molecule has 0 saturated heterocycles. The van der Waals surface area contributed by atoms with Crippen LogP contribution in [0, 0.1) is 11.6 Å². The third-order valence-corrected chi connectivity index (χ3v) is 3.11. The summed E-state index contributed by atoms with van der Waals surface area (Å²) in [6, 6.07) is 5.51. The second-order valence-electron chi connectivity index (χ2n) is 4.90. The van der Waals surface area contributed by atoms with Gasteiger partial charge >= 0.3 is 0 Å². The van der Waals surface area contributed by atoms with Gasteiger partial charge in [0.2, 0.25) is 5.91 Å². The summed E-state index contributed by atoms with van der Waals surface area (Å²) in [6.07, 6.45) is 3.24. The molecular weight excluding hydrogens is 304 g/mol. The molecule has 2 amide bonds. The summed E-state index contributed by atoms with van der Waals surface area (Å²) in [5, 5.41) is 5.07. The quantitative estimate of drug-likeness (QED) is 0.883. The van der Waals surface area contributed by atoms with E-state index in [9.17, 15) is 18.4 Å². The SMILES string of the molecule is C[C@H](NC(=O)c1ccc(F)c(F)c1)C(=O)NCc1cccnc1. The van der Waals surface area contributed by atoms with Crippen LogP contribution in [-0.4, -0.2) is 22.8 Å². The summed E-state index contributed by atoms with van der Waals surface area (Å²) >= 11 is 0. The lowest BCUT2D eigenvalue weighted by Crippen LogP contribution is -2.44. The molecule has 2 aromatic rings. The number of aromatic nitrogens is 1. The number of nitrogens with zero attached hydrogens (tertiary/aromatic N) is 1. The summed E-state index contributed by atoms with van der Waals surface area (Å²) in [5.41, 5.74) is 0.760. The van der Waals surface area contributed by atoms with Gasteiger partial charge < -0.3 is 10.6 Å². The van der Waals surface area contributed by atoms with Gasteiger partial charge in [0.15, 0.2) is 11.6 Å². The molecule has 1 aromatic heterocycles. The minimum absolute atomic E-state index is 0.0594. The van der Waals surface area contributed by atoms with Crippen LogP contribution in [0.1, 0.15) is 22.8 Å². The van der Waals surface area contributed by atoms with Crippen LogP contribution in [0.25, 0.3) is 0 Å². The molecule has 1 aromatic carbocycles. The Morgan fingerprint density at radius 1 is 1.22 bits per heavy atom. The predicted molar refractivity (Wildman–Crippen MR) is 79.4 cm³/mol. The second-order valence-corrected chi connectivity index (χ2v) is 4.90. The Morgan fingerprint density at radius 3 is 2.65 bits per heavy atom. The number of hydrogen-bond donors (Lipinski definition) is 2. The van der Waals surface area contributed by atoms with E-state index in [1.807, 2.05) is 0 Å². The normalized spacial score (nSPS) is 11.6. The Hall–Kier alpha value is -2.83. The van der Waals surface area contributed by atoms with Gasteiger partial charge in [-0.25, -0.2) is 8.78 Å². The molecule has 1 atom stereocenters. The van der Waals surface area contributed by atoms with Crippen LogP contribution in [0.2, 0.25) is 0 Å². The van der Waals surface area contributed by atoms with Gasteiger partial charge in [-0.1, -0.05) is 6.07 Å². The van der Waals surface area contributed by atoms with Gasteiger partial charge in [-0.05, 0) is 36.8 Å². The van der Waals surface area contributed by atoms with E-state index in [-0.39, 0.29) is 12.1 Å². The molecule has 23 heavy (non-hydrogen) atoms. The molecule has 7 heteroatoms. The number of halogens is 2. The van der Waals surface area contributed by atoms with Gasteiger partial charge in [0.05, 0.1) is 0 Å². The lowest BCUT2D eigenvalue weighted by molar-refractivity contribution is -0.122. The fourth-order valence-corrected chi connectivity index (χ4v) is 1.83. The molecule has 0 radical (unpaired) electrons. The monoisotopic (exact) mass is 319 g/mol. The number of amides is 2. The fourth-order valence-electron chi connectivity index (χ4n) is 1.83. The first-order valence-corrected chi connectivity index (χ1v) is 6.90. The average Bonchev–Trinajstić information content (AvgIpc) is 2.55. The van der Waals surface area contributed by atoms with E-state index in [1.54, 1.807) is 24.5 Å². The van der Waals surface area contributed by atoms with Crippen molar-refractivity contribution < 1.29 is 18.4 Å². The number of nitrogens with one attached hydrogen (secondary N) is 2. The Kier molecular flexibility index (Phi) is 5.35.